The minimum Gasteiger partial charge on any atom is -0.338 e. The number of likely N-dealkylation sites (N-methyl/N-ethyl adjacent to an activating group) is 1. The van der Waals surface area contributed by atoms with Crippen molar-refractivity contribution in [1.82, 2.24) is 15.1 Å². The van der Waals surface area contributed by atoms with E-state index in [1.165, 1.54) is 12.8 Å². The van der Waals surface area contributed by atoms with E-state index in [-0.39, 0.29) is 6.04 Å². The Labute approximate surface area is 104 Å². The summed E-state index contributed by atoms with van der Waals surface area (Å²) < 4.78 is 0. The van der Waals surface area contributed by atoms with Crippen molar-refractivity contribution in [3.63, 3.8) is 0 Å². The summed E-state index contributed by atoms with van der Waals surface area (Å²) in [4.78, 5) is 17.0. The van der Waals surface area contributed by atoms with Crippen molar-refractivity contribution < 1.29 is 4.79 Å². The van der Waals surface area contributed by atoms with E-state index < -0.39 is 0 Å². The third-order valence-corrected chi connectivity index (χ3v) is 4.20. The van der Waals surface area contributed by atoms with Gasteiger partial charge in [0.15, 0.2) is 0 Å². The molecule has 0 aromatic carbocycles. The van der Waals surface area contributed by atoms with Crippen LogP contribution in [0.3, 0.4) is 0 Å². The van der Waals surface area contributed by atoms with Crippen LogP contribution in [0.1, 0.15) is 32.6 Å². The molecule has 1 N–H and O–H groups in total. The van der Waals surface area contributed by atoms with Crippen molar-refractivity contribution in [3.8, 4) is 0 Å². The topological polar surface area (TPSA) is 35.6 Å². The van der Waals surface area contributed by atoms with Crippen molar-refractivity contribution in [1.29, 1.82) is 0 Å². The molecule has 0 aromatic heterocycles. The van der Waals surface area contributed by atoms with Crippen LogP contribution >= 0.6 is 0 Å². The number of hydrogen-bond acceptors (Lipinski definition) is 3. The number of nitrogens with one attached hydrogen (secondary N) is 1. The molecule has 0 spiro atoms. The summed E-state index contributed by atoms with van der Waals surface area (Å²) in [5, 5.41) is 3.15. The van der Waals surface area contributed by atoms with Crippen LogP contribution in [0.4, 0.5) is 0 Å². The van der Waals surface area contributed by atoms with Gasteiger partial charge in [-0.25, -0.2) is 0 Å². The van der Waals surface area contributed by atoms with Gasteiger partial charge in [0.25, 0.3) is 0 Å². The molecule has 2 fully saturated rings. The summed E-state index contributed by atoms with van der Waals surface area (Å²) in [6.07, 6.45) is 4.44. The quantitative estimate of drug-likeness (QED) is 0.783. The largest absolute Gasteiger partial charge is 0.338 e. The Morgan fingerprint density at radius 2 is 2.06 bits per heavy atom. The Balaban J connectivity index is 2.08. The number of rotatable bonds is 4. The van der Waals surface area contributed by atoms with Crippen molar-refractivity contribution in [2.45, 2.75) is 50.7 Å². The van der Waals surface area contributed by atoms with Crippen LogP contribution in [0.15, 0.2) is 0 Å². The van der Waals surface area contributed by atoms with Gasteiger partial charge in [0.2, 0.25) is 5.91 Å². The maximum absolute atomic E-state index is 12.5. The fraction of sp³-hybridized carbons (Fsp3) is 0.923. The van der Waals surface area contributed by atoms with E-state index in [0.717, 1.165) is 25.9 Å². The molecule has 17 heavy (non-hydrogen) atoms. The molecule has 4 heteroatoms. The molecule has 2 unspecified atom stereocenters. The van der Waals surface area contributed by atoms with Crippen LogP contribution in [0.2, 0.25) is 0 Å². The first kappa shape index (κ1) is 12.8. The zero-order chi connectivity index (χ0) is 12.4. The molecule has 98 valence electrons. The molecule has 0 radical (unpaired) electrons. The fourth-order valence-electron chi connectivity index (χ4n) is 2.67. The van der Waals surface area contributed by atoms with Gasteiger partial charge >= 0.3 is 0 Å². The van der Waals surface area contributed by atoms with Crippen LogP contribution in [-0.2, 0) is 4.79 Å². The van der Waals surface area contributed by atoms with Gasteiger partial charge in [0, 0.05) is 18.6 Å². The second-order valence-electron chi connectivity index (χ2n) is 5.47. The summed E-state index contributed by atoms with van der Waals surface area (Å²) in [6.45, 7) is 4.09. The van der Waals surface area contributed by atoms with Gasteiger partial charge < -0.3 is 10.2 Å². The molecule has 1 aliphatic heterocycles. The van der Waals surface area contributed by atoms with Crippen molar-refractivity contribution >= 4 is 5.91 Å². The summed E-state index contributed by atoms with van der Waals surface area (Å²) >= 11 is 0. The highest BCUT2D eigenvalue weighted by Gasteiger charge is 2.39. The molecule has 1 heterocycles. The average Bonchev–Trinajstić information content (AvgIpc) is 3.12. The molecule has 1 aliphatic carbocycles. The van der Waals surface area contributed by atoms with Gasteiger partial charge in [-0.15, -0.1) is 0 Å². The Kier molecular flexibility index (Phi) is 4.05. The predicted octanol–water partition coefficient (Wildman–Crippen LogP) is 0.680. The second-order valence-corrected chi connectivity index (χ2v) is 5.47. The van der Waals surface area contributed by atoms with Crippen LogP contribution in [0.25, 0.3) is 0 Å². The predicted molar refractivity (Wildman–Crippen MR) is 68.9 cm³/mol. The standard InChI is InChI=1S/C13H25N3O/c1-10-7-9-16(11-4-5-11)13(17)12(15(10)3)6-8-14-2/h10-12,14H,4-9H2,1-3H3. The molecule has 0 aromatic rings. The highest BCUT2D eigenvalue weighted by Crippen LogP contribution is 2.30. The lowest BCUT2D eigenvalue weighted by atomic mass is 10.1. The van der Waals surface area contributed by atoms with Crippen LogP contribution in [0.5, 0.6) is 0 Å². The minimum absolute atomic E-state index is 0.0700. The SMILES string of the molecule is CNCCC1C(=O)N(C2CC2)CCC(C)N1C. The Bertz CT molecular complexity index is 278. The van der Waals surface area contributed by atoms with Gasteiger partial charge in [-0.3, -0.25) is 9.69 Å². The lowest BCUT2D eigenvalue weighted by molar-refractivity contribution is -0.136. The lowest BCUT2D eigenvalue weighted by Gasteiger charge is -2.30. The van der Waals surface area contributed by atoms with E-state index in [9.17, 15) is 4.79 Å². The van der Waals surface area contributed by atoms with Gasteiger partial charge in [0.05, 0.1) is 6.04 Å². The molecule has 4 nitrogen and oxygen atoms in total. The summed E-state index contributed by atoms with van der Waals surface area (Å²) in [7, 11) is 4.04. The molecular weight excluding hydrogens is 214 g/mol. The van der Waals surface area contributed by atoms with E-state index in [4.69, 9.17) is 0 Å². The number of carbonyl (C=O) groups is 1. The molecule has 0 bridgehead atoms. The zero-order valence-electron chi connectivity index (χ0n) is 11.3. The van der Waals surface area contributed by atoms with Crippen molar-refractivity contribution in [3.05, 3.63) is 0 Å². The first-order valence-corrected chi connectivity index (χ1v) is 6.82. The number of carbonyl (C=O) groups excluding carboxylic acids is 1. The zero-order valence-corrected chi connectivity index (χ0v) is 11.3. The normalized spacial score (nSPS) is 31.7. The fourth-order valence-corrected chi connectivity index (χ4v) is 2.67. The third-order valence-electron chi connectivity index (χ3n) is 4.20. The first-order valence-electron chi connectivity index (χ1n) is 6.82. The molecular formula is C13H25N3O. The van der Waals surface area contributed by atoms with Crippen LogP contribution in [0, 0.1) is 0 Å². The molecule has 2 aliphatic rings. The monoisotopic (exact) mass is 239 g/mol. The van der Waals surface area contributed by atoms with Gasteiger partial charge in [-0.2, -0.15) is 0 Å². The molecule has 2 atom stereocenters. The maximum Gasteiger partial charge on any atom is 0.240 e. The van der Waals surface area contributed by atoms with Crippen LogP contribution in [-0.4, -0.2) is 61.0 Å². The Morgan fingerprint density at radius 3 is 2.65 bits per heavy atom. The van der Waals surface area contributed by atoms with Gasteiger partial charge in [-0.1, -0.05) is 0 Å². The summed E-state index contributed by atoms with van der Waals surface area (Å²) in [5.41, 5.74) is 0. The Hall–Kier alpha value is -0.610. The van der Waals surface area contributed by atoms with Crippen molar-refractivity contribution in [2.75, 3.05) is 27.2 Å². The highest BCUT2D eigenvalue weighted by molar-refractivity contribution is 5.82. The maximum atomic E-state index is 12.5. The number of nitrogens with zero attached hydrogens (tertiary/aromatic N) is 2. The smallest absolute Gasteiger partial charge is 0.240 e. The third kappa shape index (κ3) is 2.80. The van der Waals surface area contributed by atoms with Crippen LogP contribution < -0.4 is 5.32 Å². The number of hydrogen-bond donors (Lipinski definition) is 1. The second kappa shape index (κ2) is 5.36. The van der Waals surface area contributed by atoms with E-state index in [1.54, 1.807) is 0 Å². The van der Waals surface area contributed by atoms with E-state index in [2.05, 4.69) is 29.1 Å². The molecule has 1 saturated carbocycles. The lowest BCUT2D eigenvalue weighted by Crippen LogP contribution is -2.47. The van der Waals surface area contributed by atoms with E-state index in [1.807, 2.05) is 7.05 Å². The molecule has 1 amide bonds. The highest BCUT2D eigenvalue weighted by atomic mass is 16.2. The van der Waals surface area contributed by atoms with E-state index in [0.29, 0.717) is 18.0 Å². The van der Waals surface area contributed by atoms with E-state index >= 15 is 0 Å². The van der Waals surface area contributed by atoms with Crippen molar-refractivity contribution in [2.24, 2.45) is 0 Å². The van der Waals surface area contributed by atoms with Gasteiger partial charge in [-0.05, 0) is 53.2 Å². The average molecular weight is 239 g/mol. The minimum atomic E-state index is 0.0700. The molecule has 2 rings (SSSR count). The summed E-state index contributed by atoms with van der Waals surface area (Å²) in [5.74, 6) is 0.356. The molecule has 1 saturated heterocycles. The summed E-state index contributed by atoms with van der Waals surface area (Å²) in [6, 6.07) is 1.13. The van der Waals surface area contributed by atoms with Gasteiger partial charge in [0.1, 0.15) is 0 Å². The first-order chi connectivity index (χ1) is 8.15. The Morgan fingerprint density at radius 1 is 1.35 bits per heavy atom. The number of amides is 1.